The Hall–Kier alpha value is -0.380. The molecule has 2 heterocycles. The SMILES string of the molecule is CC(C)N(CC1CCCCN1)C(C)c1cccs1. The molecule has 1 saturated heterocycles. The predicted octanol–water partition coefficient (Wildman–Crippen LogP) is 3.66. The quantitative estimate of drug-likeness (QED) is 0.875. The molecule has 18 heavy (non-hydrogen) atoms. The Labute approximate surface area is 115 Å². The van der Waals surface area contributed by atoms with Crippen LogP contribution in [0.2, 0.25) is 0 Å². The highest BCUT2D eigenvalue weighted by Gasteiger charge is 2.23. The van der Waals surface area contributed by atoms with Crippen LogP contribution < -0.4 is 5.32 Å². The van der Waals surface area contributed by atoms with Gasteiger partial charge in [-0.3, -0.25) is 4.90 Å². The normalized spacial score (nSPS) is 22.6. The fourth-order valence-corrected chi connectivity index (χ4v) is 3.65. The van der Waals surface area contributed by atoms with Crippen LogP contribution in [0.5, 0.6) is 0 Å². The lowest BCUT2D eigenvalue weighted by Gasteiger charge is -2.36. The molecule has 102 valence electrons. The van der Waals surface area contributed by atoms with Crippen molar-refractivity contribution in [2.45, 2.75) is 58.2 Å². The third-order valence-electron chi connectivity index (χ3n) is 3.96. The van der Waals surface area contributed by atoms with Crippen molar-refractivity contribution in [3.63, 3.8) is 0 Å². The van der Waals surface area contributed by atoms with Gasteiger partial charge in [0.1, 0.15) is 0 Å². The second-order valence-corrected chi connectivity index (χ2v) is 6.61. The molecule has 2 rings (SSSR count). The van der Waals surface area contributed by atoms with Crippen LogP contribution in [0, 0.1) is 0 Å². The van der Waals surface area contributed by atoms with Crippen molar-refractivity contribution in [3.8, 4) is 0 Å². The van der Waals surface area contributed by atoms with Crippen LogP contribution in [0.1, 0.15) is 51.0 Å². The van der Waals surface area contributed by atoms with Crippen molar-refractivity contribution in [3.05, 3.63) is 22.4 Å². The molecule has 2 unspecified atom stereocenters. The minimum Gasteiger partial charge on any atom is -0.313 e. The molecule has 0 spiro atoms. The van der Waals surface area contributed by atoms with E-state index in [9.17, 15) is 0 Å². The summed E-state index contributed by atoms with van der Waals surface area (Å²) in [4.78, 5) is 4.12. The van der Waals surface area contributed by atoms with Gasteiger partial charge in [0.2, 0.25) is 0 Å². The van der Waals surface area contributed by atoms with E-state index < -0.39 is 0 Å². The zero-order valence-corrected chi connectivity index (χ0v) is 12.7. The fourth-order valence-electron chi connectivity index (χ4n) is 2.84. The van der Waals surface area contributed by atoms with Crippen molar-refractivity contribution >= 4 is 11.3 Å². The Kier molecular flexibility index (Phi) is 5.22. The predicted molar refractivity (Wildman–Crippen MR) is 80.2 cm³/mol. The summed E-state index contributed by atoms with van der Waals surface area (Å²) in [5.74, 6) is 0. The van der Waals surface area contributed by atoms with E-state index in [-0.39, 0.29) is 0 Å². The monoisotopic (exact) mass is 266 g/mol. The average molecular weight is 266 g/mol. The third-order valence-corrected chi connectivity index (χ3v) is 5.00. The standard InChI is InChI=1S/C15H26N2S/c1-12(2)17(11-14-7-4-5-9-16-14)13(3)15-8-6-10-18-15/h6,8,10,12-14,16H,4-5,7,9,11H2,1-3H3. The molecule has 3 heteroatoms. The average Bonchev–Trinajstić information content (AvgIpc) is 2.90. The van der Waals surface area contributed by atoms with E-state index in [0.717, 1.165) is 0 Å². The lowest BCUT2D eigenvalue weighted by molar-refractivity contribution is 0.140. The minimum absolute atomic E-state index is 0.536. The van der Waals surface area contributed by atoms with Crippen molar-refractivity contribution in [1.29, 1.82) is 0 Å². The van der Waals surface area contributed by atoms with Crippen LogP contribution in [0.25, 0.3) is 0 Å². The van der Waals surface area contributed by atoms with E-state index in [1.807, 2.05) is 11.3 Å². The first-order chi connectivity index (χ1) is 8.68. The van der Waals surface area contributed by atoms with Crippen LogP contribution in [-0.2, 0) is 0 Å². The summed E-state index contributed by atoms with van der Waals surface area (Å²) in [6, 6.07) is 6.25. The number of hydrogen-bond acceptors (Lipinski definition) is 3. The molecule has 1 aromatic rings. The minimum atomic E-state index is 0.536. The molecule has 1 aromatic heterocycles. The number of hydrogen-bond donors (Lipinski definition) is 1. The van der Waals surface area contributed by atoms with Gasteiger partial charge in [0.05, 0.1) is 0 Å². The maximum atomic E-state index is 3.67. The Bertz CT molecular complexity index is 328. The summed E-state index contributed by atoms with van der Waals surface area (Å²) in [6.07, 6.45) is 4.07. The first-order valence-electron chi connectivity index (χ1n) is 7.21. The van der Waals surface area contributed by atoms with E-state index in [4.69, 9.17) is 0 Å². The van der Waals surface area contributed by atoms with Crippen molar-refractivity contribution < 1.29 is 0 Å². The smallest absolute Gasteiger partial charge is 0.0416 e. The summed E-state index contributed by atoms with van der Waals surface area (Å²) >= 11 is 1.88. The van der Waals surface area contributed by atoms with Gasteiger partial charge in [-0.2, -0.15) is 0 Å². The summed E-state index contributed by atoms with van der Waals surface area (Å²) in [7, 11) is 0. The molecule has 0 amide bonds. The van der Waals surface area contributed by atoms with Crippen LogP contribution in [0.4, 0.5) is 0 Å². The van der Waals surface area contributed by atoms with E-state index >= 15 is 0 Å². The van der Waals surface area contributed by atoms with Gasteiger partial charge >= 0.3 is 0 Å². The lowest BCUT2D eigenvalue weighted by Crippen LogP contribution is -2.46. The van der Waals surface area contributed by atoms with Crippen LogP contribution >= 0.6 is 11.3 Å². The van der Waals surface area contributed by atoms with Gasteiger partial charge in [0, 0.05) is 29.5 Å². The molecule has 0 aromatic carbocycles. The van der Waals surface area contributed by atoms with Gasteiger partial charge in [0.15, 0.2) is 0 Å². The molecular weight excluding hydrogens is 240 g/mol. The van der Waals surface area contributed by atoms with Crippen LogP contribution in [0.15, 0.2) is 17.5 Å². The Morgan fingerprint density at radius 2 is 2.22 bits per heavy atom. The zero-order valence-electron chi connectivity index (χ0n) is 11.9. The molecule has 1 aliphatic rings. The zero-order chi connectivity index (χ0) is 13.0. The van der Waals surface area contributed by atoms with Crippen molar-refractivity contribution in [2.24, 2.45) is 0 Å². The van der Waals surface area contributed by atoms with Crippen LogP contribution in [-0.4, -0.2) is 30.1 Å². The van der Waals surface area contributed by atoms with Crippen molar-refractivity contribution in [2.75, 3.05) is 13.1 Å². The molecular formula is C15H26N2S. The summed E-state index contributed by atoms with van der Waals surface area (Å²) in [5.41, 5.74) is 0. The molecule has 2 atom stereocenters. The number of thiophene rings is 1. The van der Waals surface area contributed by atoms with E-state index in [1.165, 1.54) is 37.2 Å². The fraction of sp³-hybridized carbons (Fsp3) is 0.733. The van der Waals surface area contributed by atoms with Gasteiger partial charge in [-0.1, -0.05) is 12.5 Å². The molecule has 1 N–H and O–H groups in total. The summed E-state index contributed by atoms with van der Waals surface area (Å²) in [6.45, 7) is 9.34. The highest BCUT2D eigenvalue weighted by molar-refractivity contribution is 7.10. The first-order valence-corrected chi connectivity index (χ1v) is 8.09. The summed E-state index contributed by atoms with van der Waals surface area (Å²) in [5, 5.41) is 5.85. The molecule has 1 aliphatic heterocycles. The van der Waals surface area contributed by atoms with Gasteiger partial charge < -0.3 is 5.32 Å². The Morgan fingerprint density at radius 3 is 2.78 bits per heavy atom. The highest BCUT2D eigenvalue weighted by atomic mass is 32.1. The molecule has 0 aliphatic carbocycles. The molecule has 0 bridgehead atoms. The van der Waals surface area contributed by atoms with Gasteiger partial charge in [0.25, 0.3) is 0 Å². The number of rotatable bonds is 5. The van der Waals surface area contributed by atoms with E-state index in [2.05, 4.69) is 48.5 Å². The second kappa shape index (κ2) is 6.69. The van der Waals surface area contributed by atoms with Gasteiger partial charge in [-0.25, -0.2) is 0 Å². The van der Waals surface area contributed by atoms with E-state index in [1.54, 1.807) is 0 Å². The molecule has 0 radical (unpaired) electrons. The van der Waals surface area contributed by atoms with Gasteiger partial charge in [-0.15, -0.1) is 11.3 Å². The lowest BCUT2D eigenvalue weighted by atomic mass is 10.0. The molecule has 0 saturated carbocycles. The molecule has 2 nitrogen and oxygen atoms in total. The Morgan fingerprint density at radius 1 is 1.39 bits per heavy atom. The Balaban J connectivity index is 1.98. The maximum Gasteiger partial charge on any atom is 0.0416 e. The second-order valence-electron chi connectivity index (χ2n) is 5.63. The molecule has 1 fully saturated rings. The van der Waals surface area contributed by atoms with Crippen molar-refractivity contribution in [1.82, 2.24) is 10.2 Å². The maximum absolute atomic E-state index is 3.67. The van der Waals surface area contributed by atoms with Crippen LogP contribution in [0.3, 0.4) is 0 Å². The topological polar surface area (TPSA) is 15.3 Å². The largest absolute Gasteiger partial charge is 0.313 e. The van der Waals surface area contributed by atoms with E-state index in [0.29, 0.717) is 18.1 Å². The summed E-state index contributed by atoms with van der Waals surface area (Å²) < 4.78 is 0. The number of nitrogens with one attached hydrogen (secondary N) is 1. The first kappa shape index (κ1) is 14.0. The number of piperidine rings is 1. The van der Waals surface area contributed by atoms with Gasteiger partial charge in [-0.05, 0) is 51.6 Å². The number of nitrogens with zero attached hydrogens (tertiary/aromatic N) is 1. The third kappa shape index (κ3) is 3.56. The highest BCUT2D eigenvalue weighted by Crippen LogP contribution is 2.27.